The fourth-order valence-corrected chi connectivity index (χ4v) is 4.81. The lowest BCUT2D eigenvalue weighted by atomic mass is 10.0. The SMILES string of the molecule is CC1CCCN(C(=O)NC2CCN(c3cc[nH]c4cnc5nccc5c34)CC2)C1. The second-order valence-corrected chi connectivity index (χ2v) is 8.50. The zero-order valence-electron chi connectivity index (χ0n) is 16.9. The molecule has 29 heavy (non-hydrogen) atoms. The zero-order valence-corrected chi connectivity index (χ0v) is 16.9. The van der Waals surface area contributed by atoms with Gasteiger partial charge in [-0.1, -0.05) is 6.92 Å². The number of fused-ring (bicyclic) bond motifs is 3. The molecule has 1 unspecified atom stereocenters. The number of anilines is 1. The summed E-state index contributed by atoms with van der Waals surface area (Å²) in [4.78, 5) is 29.2. The Labute approximate surface area is 170 Å². The van der Waals surface area contributed by atoms with Crippen LogP contribution in [0.5, 0.6) is 0 Å². The monoisotopic (exact) mass is 392 g/mol. The van der Waals surface area contributed by atoms with Gasteiger partial charge in [0.2, 0.25) is 0 Å². The highest BCUT2D eigenvalue weighted by Crippen LogP contribution is 2.32. The summed E-state index contributed by atoms with van der Waals surface area (Å²) in [6, 6.07) is 4.54. The minimum absolute atomic E-state index is 0.116. The maximum atomic E-state index is 12.6. The lowest BCUT2D eigenvalue weighted by Gasteiger charge is -2.37. The second-order valence-electron chi connectivity index (χ2n) is 8.50. The Hall–Kier alpha value is -2.83. The lowest BCUT2D eigenvalue weighted by molar-refractivity contribution is 0.164. The molecule has 0 spiro atoms. The number of pyridine rings is 2. The van der Waals surface area contributed by atoms with Gasteiger partial charge in [-0.05, 0) is 43.7 Å². The molecule has 3 aromatic heterocycles. The van der Waals surface area contributed by atoms with Crippen LogP contribution in [0.15, 0.2) is 30.7 Å². The Morgan fingerprint density at radius 1 is 1.17 bits per heavy atom. The van der Waals surface area contributed by atoms with Gasteiger partial charge in [0.1, 0.15) is 0 Å². The third kappa shape index (κ3) is 3.50. The summed E-state index contributed by atoms with van der Waals surface area (Å²) in [5.74, 6) is 0.608. The van der Waals surface area contributed by atoms with Crippen LogP contribution >= 0.6 is 0 Å². The van der Waals surface area contributed by atoms with Gasteiger partial charge in [0.15, 0.2) is 5.65 Å². The summed E-state index contributed by atoms with van der Waals surface area (Å²) in [5.41, 5.74) is 3.03. The van der Waals surface area contributed by atoms with E-state index in [2.05, 4.69) is 38.2 Å². The van der Waals surface area contributed by atoms with Crippen LogP contribution in [0.1, 0.15) is 32.6 Å². The number of urea groups is 1. The molecule has 1 atom stereocenters. The van der Waals surface area contributed by atoms with Crippen molar-refractivity contribution in [2.24, 2.45) is 5.92 Å². The molecule has 7 heteroatoms. The average Bonchev–Trinajstić information content (AvgIpc) is 3.23. The number of hydrogen-bond acceptors (Lipinski definition) is 4. The molecule has 2 amide bonds. The van der Waals surface area contributed by atoms with Gasteiger partial charge >= 0.3 is 6.03 Å². The van der Waals surface area contributed by atoms with Crippen LogP contribution in [0.25, 0.3) is 21.9 Å². The predicted molar refractivity (Wildman–Crippen MR) is 115 cm³/mol. The molecule has 7 nitrogen and oxygen atoms in total. The van der Waals surface area contributed by atoms with Crippen molar-refractivity contribution in [3.63, 3.8) is 0 Å². The average molecular weight is 393 g/mol. The van der Waals surface area contributed by atoms with Gasteiger partial charge in [-0.3, -0.25) is 0 Å². The molecule has 2 saturated heterocycles. The number of aromatic amines is 1. The minimum Gasteiger partial charge on any atom is -0.371 e. The first-order chi connectivity index (χ1) is 14.2. The van der Waals surface area contributed by atoms with E-state index in [1.54, 1.807) is 0 Å². The number of amides is 2. The largest absolute Gasteiger partial charge is 0.371 e. The van der Waals surface area contributed by atoms with E-state index < -0.39 is 0 Å². The van der Waals surface area contributed by atoms with Gasteiger partial charge < -0.3 is 20.1 Å². The fraction of sp³-hybridized carbons (Fsp3) is 0.500. The number of rotatable bonds is 2. The highest BCUT2D eigenvalue weighted by molar-refractivity contribution is 6.09. The third-order valence-corrected chi connectivity index (χ3v) is 6.38. The molecule has 0 aromatic carbocycles. The molecule has 0 aliphatic carbocycles. The van der Waals surface area contributed by atoms with Gasteiger partial charge in [0, 0.05) is 61.1 Å². The van der Waals surface area contributed by atoms with Gasteiger partial charge in [-0.25, -0.2) is 14.8 Å². The molecular formula is C22H28N6O. The van der Waals surface area contributed by atoms with E-state index in [1.165, 1.54) is 17.5 Å². The van der Waals surface area contributed by atoms with Crippen molar-refractivity contribution in [2.45, 2.75) is 38.6 Å². The molecule has 2 fully saturated rings. The van der Waals surface area contributed by atoms with Gasteiger partial charge in [-0.15, -0.1) is 0 Å². The number of H-pyrrole nitrogens is 1. The van der Waals surface area contributed by atoms with Crippen molar-refractivity contribution >= 4 is 33.7 Å². The number of carbonyl (C=O) groups excluding carboxylic acids is 1. The van der Waals surface area contributed by atoms with Crippen LogP contribution in [-0.2, 0) is 0 Å². The maximum Gasteiger partial charge on any atom is 0.317 e. The highest BCUT2D eigenvalue weighted by atomic mass is 16.2. The van der Waals surface area contributed by atoms with E-state index in [4.69, 9.17) is 0 Å². The number of piperidine rings is 2. The summed E-state index contributed by atoms with van der Waals surface area (Å²) in [6.45, 7) is 5.86. The third-order valence-electron chi connectivity index (χ3n) is 6.38. The number of nitrogens with zero attached hydrogens (tertiary/aromatic N) is 4. The Balaban J connectivity index is 1.29. The number of aromatic nitrogens is 3. The molecule has 0 radical (unpaired) electrons. The van der Waals surface area contributed by atoms with Crippen LogP contribution in [-0.4, -0.2) is 58.1 Å². The predicted octanol–water partition coefficient (Wildman–Crippen LogP) is 3.52. The van der Waals surface area contributed by atoms with Crippen molar-refractivity contribution < 1.29 is 4.79 Å². The molecule has 0 bridgehead atoms. The summed E-state index contributed by atoms with van der Waals surface area (Å²) >= 11 is 0. The normalized spacial score (nSPS) is 21.1. The zero-order chi connectivity index (χ0) is 19.8. The van der Waals surface area contributed by atoms with Crippen LogP contribution in [0, 0.1) is 5.92 Å². The summed E-state index contributed by atoms with van der Waals surface area (Å²) in [5, 5.41) is 5.55. The van der Waals surface area contributed by atoms with E-state index in [0.717, 1.165) is 62.0 Å². The van der Waals surface area contributed by atoms with Crippen molar-refractivity contribution in [3.8, 4) is 0 Å². The van der Waals surface area contributed by atoms with Crippen LogP contribution in [0.3, 0.4) is 0 Å². The number of hydrogen-bond donors (Lipinski definition) is 2. The van der Waals surface area contributed by atoms with E-state index >= 15 is 0 Å². The Bertz CT molecular complexity index is 1020. The molecule has 5 rings (SSSR count). The molecular weight excluding hydrogens is 364 g/mol. The first-order valence-electron chi connectivity index (χ1n) is 10.7. The van der Waals surface area contributed by atoms with E-state index in [0.29, 0.717) is 5.92 Å². The highest BCUT2D eigenvalue weighted by Gasteiger charge is 2.26. The van der Waals surface area contributed by atoms with Gasteiger partial charge in [0.05, 0.1) is 11.7 Å². The molecule has 152 valence electrons. The second kappa shape index (κ2) is 7.54. The summed E-state index contributed by atoms with van der Waals surface area (Å²) < 4.78 is 0. The van der Waals surface area contributed by atoms with E-state index in [1.807, 2.05) is 29.6 Å². The quantitative estimate of drug-likeness (QED) is 0.700. The first-order valence-corrected chi connectivity index (χ1v) is 10.7. The van der Waals surface area contributed by atoms with E-state index in [-0.39, 0.29) is 12.1 Å². The molecule has 2 aliphatic heterocycles. The first kappa shape index (κ1) is 18.2. The van der Waals surface area contributed by atoms with Crippen molar-refractivity contribution in [3.05, 3.63) is 30.7 Å². The molecule has 3 aromatic rings. The molecule has 5 heterocycles. The Kier molecular flexibility index (Phi) is 4.73. The van der Waals surface area contributed by atoms with Crippen LogP contribution < -0.4 is 10.2 Å². The Morgan fingerprint density at radius 2 is 2.03 bits per heavy atom. The smallest absolute Gasteiger partial charge is 0.317 e. The van der Waals surface area contributed by atoms with Crippen molar-refractivity contribution in [2.75, 3.05) is 31.1 Å². The number of nitrogens with one attached hydrogen (secondary N) is 2. The van der Waals surface area contributed by atoms with Crippen molar-refractivity contribution in [1.29, 1.82) is 0 Å². The van der Waals surface area contributed by atoms with Crippen molar-refractivity contribution in [1.82, 2.24) is 25.2 Å². The lowest BCUT2D eigenvalue weighted by Crippen LogP contribution is -2.51. The number of carbonyl (C=O) groups is 1. The van der Waals surface area contributed by atoms with E-state index in [9.17, 15) is 4.79 Å². The maximum absolute atomic E-state index is 12.6. The fourth-order valence-electron chi connectivity index (χ4n) is 4.81. The topological polar surface area (TPSA) is 77.2 Å². The number of likely N-dealkylation sites (tertiary alicyclic amines) is 1. The van der Waals surface area contributed by atoms with Gasteiger partial charge in [-0.2, -0.15) is 0 Å². The summed E-state index contributed by atoms with van der Waals surface area (Å²) in [7, 11) is 0. The van der Waals surface area contributed by atoms with Crippen LogP contribution in [0.4, 0.5) is 10.5 Å². The van der Waals surface area contributed by atoms with Gasteiger partial charge in [0.25, 0.3) is 0 Å². The molecule has 2 N–H and O–H groups in total. The molecule has 0 saturated carbocycles. The standard InChI is InChI=1S/C22H28N6O/c1-15-3-2-10-28(14-15)22(29)26-16-6-11-27(12-7-16)19-5-9-23-18-13-25-21-17(20(18)19)4-8-24-21/h4-5,8-9,13,15-16,23H,2-3,6-7,10-12,14H2,1H3,(H,26,29). The summed E-state index contributed by atoms with van der Waals surface area (Å²) in [6.07, 6.45) is 9.92. The Morgan fingerprint density at radius 3 is 2.86 bits per heavy atom. The van der Waals surface area contributed by atoms with Crippen LogP contribution in [0.2, 0.25) is 0 Å². The molecule has 2 aliphatic rings. The minimum atomic E-state index is 0.116.